The molecular formula is C10H13ClN2O2S. The van der Waals surface area contributed by atoms with Crippen molar-refractivity contribution in [3.63, 3.8) is 0 Å². The molecule has 0 aliphatic heterocycles. The van der Waals surface area contributed by atoms with Gasteiger partial charge in [0.25, 0.3) is 9.05 Å². The van der Waals surface area contributed by atoms with Crippen molar-refractivity contribution in [1.82, 2.24) is 9.55 Å². The van der Waals surface area contributed by atoms with E-state index in [4.69, 9.17) is 10.7 Å². The molecule has 0 N–H and O–H groups in total. The predicted octanol–water partition coefficient (Wildman–Crippen LogP) is 2.40. The number of nitrogens with zero attached hydrogens (tertiary/aromatic N) is 2. The van der Waals surface area contributed by atoms with Crippen molar-refractivity contribution < 1.29 is 8.42 Å². The van der Waals surface area contributed by atoms with Crippen molar-refractivity contribution >= 4 is 19.7 Å². The minimum atomic E-state index is -3.73. The summed E-state index contributed by atoms with van der Waals surface area (Å²) in [4.78, 5) is 3.97. The molecule has 2 rings (SSSR count). The van der Waals surface area contributed by atoms with Gasteiger partial charge in [-0.05, 0) is 26.2 Å². The van der Waals surface area contributed by atoms with Gasteiger partial charge in [0.15, 0.2) is 5.03 Å². The van der Waals surface area contributed by atoms with E-state index in [0.717, 1.165) is 19.3 Å². The lowest BCUT2D eigenvalue weighted by Crippen LogP contribution is -2.09. The predicted molar refractivity (Wildman–Crippen MR) is 62.0 cm³/mol. The number of hydrogen-bond donors (Lipinski definition) is 0. The lowest BCUT2D eigenvalue weighted by Gasteiger charge is -2.18. The van der Waals surface area contributed by atoms with Crippen molar-refractivity contribution in [2.75, 3.05) is 0 Å². The summed E-state index contributed by atoms with van der Waals surface area (Å²) < 4.78 is 24.2. The van der Waals surface area contributed by atoms with Crippen LogP contribution >= 0.6 is 10.7 Å². The van der Waals surface area contributed by atoms with Crippen LogP contribution in [0.2, 0.25) is 0 Å². The Morgan fingerprint density at radius 2 is 2.31 bits per heavy atom. The molecule has 0 saturated heterocycles. The van der Waals surface area contributed by atoms with Gasteiger partial charge in [-0.25, -0.2) is 13.4 Å². The minimum absolute atomic E-state index is 0.0642. The van der Waals surface area contributed by atoms with Crippen molar-refractivity contribution in [3.05, 3.63) is 24.2 Å². The Hall–Kier alpha value is -0.810. The Bertz CT molecular complexity index is 519. The van der Waals surface area contributed by atoms with Gasteiger partial charge in [0.2, 0.25) is 0 Å². The summed E-state index contributed by atoms with van der Waals surface area (Å²) in [5.41, 5.74) is 0. The van der Waals surface area contributed by atoms with Crippen LogP contribution in [0.25, 0.3) is 0 Å². The first-order valence-electron chi connectivity index (χ1n) is 5.15. The van der Waals surface area contributed by atoms with E-state index in [2.05, 4.69) is 17.1 Å². The van der Waals surface area contributed by atoms with Crippen LogP contribution in [0.3, 0.4) is 0 Å². The molecular weight excluding hydrogens is 248 g/mol. The molecule has 1 heterocycles. The summed E-state index contributed by atoms with van der Waals surface area (Å²) >= 11 is 0. The third-order valence-corrected chi connectivity index (χ3v) is 3.90. The summed E-state index contributed by atoms with van der Waals surface area (Å²) in [6.07, 6.45) is 8.92. The van der Waals surface area contributed by atoms with Crippen molar-refractivity contribution in [3.8, 4) is 0 Å². The van der Waals surface area contributed by atoms with E-state index in [1.54, 1.807) is 6.92 Å². The molecule has 4 nitrogen and oxygen atoms in total. The van der Waals surface area contributed by atoms with Gasteiger partial charge in [-0.15, -0.1) is 0 Å². The van der Waals surface area contributed by atoms with Crippen LogP contribution in [0, 0.1) is 6.92 Å². The molecule has 0 aromatic carbocycles. The zero-order valence-electron chi connectivity index (χ0n) is 8.93. The first-order valence-corrected chi connectivity index (χ1v) is 7.46. The molecule has 0 radical (unpaired) electrons. The van der Waals surface area contributed by atoms with E-state index in [-0.39, 0.29) is 11.1 Å². The molecule has 0 spiro atoms. The number of aryl methyl sites for hydroxylation is 1. The Kier molecular flexibility index (Phi) is 3.08. The summed E-state index contributed by atoms with van der Waals surface area (Å²) in [7, 11) is 1.53. The third-order valence-electron chi connectivity index (χ3n) is 2.73. The van der Waals surface area contributed by atoms with Crippen molar-refractivity contribution in [2.24, 2.45) is 0 Å². The maximum atomic E-state index is 11.2. The van der Waals surface area contributed by atoms with Crippen LogP contribution in [-0.4, -0.2) is 18.0 Å². The number of rotatable bonds is 2. The fraction of sp³-hybridized carbons (Fsp3) is 0.500. The second kappa shape index (κ2) is 4.22. The average molecular weight is 261 g/mol. The lowest BCUT2D eigenvalue weighted by atomic mass is 10.0. The molecule has 0 bridgehead atoms. The Balaban J connectivity index is 2.39. The second-order valence-electron chi connectivity index (χ2n) is 3.90. The maximum absolute atomic E-state index is 11.2. The molecule has 0 amide bonds. The highest BCUT2D eigenvalue weighted by Crippen LogP contribution is 2.25. The number of imidazole rings is 1. The zero-order valence-corrected chi connectivity index (χ0v) is 10.5. The summed E-state index contributed by atoms with van der Waals surface area (Å²) in [6.45, 7) is 1.79. The summed E-state index contributed by atoms with van der Waals surface area (Å²) in [6, 6.07) is 0.202. The molecule has 1 unspecified atom stereocenters. The van der Waals surface area contributed by atoms with Gasteiger partial charge in [0, 0.05) is 16.9 Å². The molecule has 1 atom stereocenters. The molecule has 16 heavy (non-hydrogen) atoms. The molecule has 88 valence electrons. The van der Waals surface area contributed by atoms with Gasteiger partial charge in [-0.1, -0.05) is 12.2 Å². The SMILES string of the molecule is Cc1nc(S(=O)(=O)Cl)cn1C1C=CCCC1. The minimum Gasteiger partial charge on any atom is -0.327 e. The molecule has 1 aromatic heterocycles. The first kappa shape index (κ1) is 11.7. The van der Waals surface area contributed by atoms with E-state index in [1.807, 2.05) is 4.57 Å². The Labute approximate surface area is 99.4 Å². The van der Waals surface area contributed by atoms with Gasteiger partial charge in [0.05, 0.1) is 6.04 Å². The largest absolute Gasteiger partial charge is 0.327 e. The summed E-state index contributed by atoms with van der Waals surface area (Å²) in [5, 5.41) is -0.0642. The fourth-order valence-electron chi connectivity index (χ4n) is 1.94. The van der Waals surface area contributed by atoms with Crippen LogP contribution in [0.1, 0.15) is 31.1 Å². The van der Waals surface area contributed by atoms with Gasteiger partial charge >= 0.3 is 0 Å². The molecule has 6 heteroatoms. The Morgan fingerprint density at radius 1 is 1.56 bits per heavy atom. The first-order chi connectivity index (χ1) is 7.48. The average Bonchev–Trinajstić information content (AvgIpc) is 2.61. The van der Waals surface area contributed by atoms with E-state index in [9.17, 15) is 8.42 Å². The smallest absolute Gasteiger partial charge is 0.280 e. The van der Waals surface area contributed by atoms with Gasteiger partial charge < -0.3 is 4.57 Å². The van der Waals surface area contributed by atoms with Crippen LogP contribution in [0.15, 0.2) is 23.4 Å². The topological polar surface area (TPSA) is 52.0 Å². The normalized spacial score (nSPS) is 21.2. The molecule has 1 aromatic rings. The Morgan fingerprint density at radius 3 is 2.81 bits per heavy atom. The molecule has 1 aliphatic carbocycles. The highest BCUT2D eigenvalue weighted by molar-refractivity contribution is 8.13. The van der Waals surface area contributed by atoms with E-state index >= 15 is 0 Å². The van der Waals surface area contributed by atoms with Gasteiger partial charge in [0.1, 0.15) is 5.82 Å². The number of allylic oxidation sites excluding steroid dienone is 2. The highest BCUT2D eigenvalue weighted by atomic mass is 35.7. The van der Waals surface area contributed by atoms with E-state index in [0.29, 0.717) is 5.82 Å². The number of hydrogen-bond acceptors (Lipinski definition) is 3. The molecule has 0 fully saturated rings. The van der Waals surface area contributed by atoms with Crippen molar-refractivity contribution in [2.45, 2.75) is 37.3 Å². The van der Waals surface area contributed by atoms with Crippen molar-refractivity contribution in [1.29, 1.82) is 0 Å². The second-order valence-corrected chi connectivity index (χ2v) is 6.41. The number of halogens is 1. The molecule has 0 saturated carbocycles. The van der Waals surface area contributed by atoms with Crippen LogP contribution in [0.4, 0.5) is 0 Å². The standard InChI is InChI=1S/C10H13ClN2O2S/c1-8-12-10(16(11,14)15)7-13(8)9-5-3-2-4-6-9/h3,5,7,9H,2,4,6H2,1H3. The maximum Gasteiger partial charge on any atom is 0.280 e. The summed E-state index contributed by atoms with van der Waals surface area (Å²) in [5.74, 6) is 0.677. The zero-order chi connectivity index (χ0) is 11.8. The fourth-order valence-corrected chi connectivity index (χ4v) is 2.64. The van der Waals surface area contributed by atoms with E-state index in [1.165, 1.54) is 6.20 Å². The van der Waals surface area contributed by atoms with E-state index < -0.39 is 9.05 Å². The monoisotopic (exact) mass is 260 g/mol. The van der Waals surface area contributed by atoms with Crippen LogP contribution < -0.4 is 0 Å². The third kappa shape index (κ3) is 2.30. The van der Waals surface area contributed by atoms with Gasteiger partial charge in [-0.3, -0.25) is 0 Å². The van der Waals surface area contributed by atoms with Gasteiger partial charge in [-0.2, -0.15) is 0 Å². The quantitative estimate of drug-likeness (QED) is 0.606. The molecule has 1 aliphatic rings. The van der Waals surface area contributed by atoms with Crippen LogP contribution in [-0.2, 0) is 9.05 Å². The highest BCUT2D eigenvalue weighted by Gasteiger charge is 2.19. The van der Waals surface area contributed by atoms with Crippen LogP contribution in [0.5, 0.6) is 0 Å². The lowest BCUT2D eigenvalue weighted by molar-refractivity contribution is 0.507. The number of aromatic nitrogens is 2.